The molecule has 1 atom stereocenters. The Morgan fingerprint density at radius 2 is 2.00 bits per heavy atom. The highest BCUT2D eigenvalue weighted by molar-refractivity contribution is 5.01. The van der Waals surface area contributed by atoms with E-state index in [1.165, 1.54) is 5.69 Å². The molecule has 1 rings (SSSR count). The van der Waals surface area contributed by atoms with Crippen LogP contribution >= 0.6 is 0 Å². The first-order chi connectivity index (χ1) is 8.04. The van der Waals surface area contributed by atoms with Gasteiger partial charge in [-0.2, -0.15) is 5.10 Å². The zero-order valence-electron chi connectivity index (χ0n) is 11.9. The van der Waals surface area contributed by atoms with Crippen molar-refractivity contribution in [3.8, 4) is 0 Å². The minimum atomic E-state index is 0.454. The fraction of sp³-hybridized carbons (Fsp3) is 0.786. The summed E-state index contributed by atoms with van der Waals surface area (Å²) < 4.78 is 2.04. The molecule has 0 saturated heterocycles. The molecule has 3 nitrogen and oxygen atoms in total. The number of hydrogen-bond donors (Lipinski definition) is 1. The van der Waals surface area contributed by atoms with E-state index in [0.717, 1.165) is 19.5 Å². The lowest BCUT2D eigenvalue weighted by molar-refractivity contribution is 0.359. The van der Waals surface area contributed by atoms with E-state index in [9.17, 15) is 0 Å². The van der Waals surface area contributed by atoms with Crippen molar-refractivity contribution >= 4 is 0 Å². The summed E-state index contributed by atoms with van der Waals surface area (Å²) >= 11 is 0. The summed E-state index contributed by atoms with van der Waals surface area (Å²) in [5.74, 6) is 1.36. The second-order valence-electron chi connectivity index (χ2n) is 5.40. The van der Waals surface area contributed by atoms with E-state index in [-0.39, 0.29) is 0 Å². The van der Waals surface area contributed by atoms with Gasteiger partial charge in [-0.05, 0) is 51.3 Å². The van der Waals surface area contributed by atoms with Crippen LogP contribution < -0.4 is 5.32 Å². The highest BCUT2D eigenvalue weighted by Gasteiger charge is 2.15. The van der Waals surface area contributed by atoms with Crippen LogP contribution in [0.25, 0.3) is 0 Å². The molecule has 0 radical (unpaired) electrons. The van der Waals surface area contributed by atoms with Gasteiger partial charge in [0.2, 0.25) is 0 Å². The maximum absolute atomic E-state index is 4.63. The summed E-state index contributed by atoms with van der Waals surface area (Å²) in [6.45, 7) is 13.2. The molecule has 0 bridgehead atoms. The van der Waals surface area contributed by atoms with E-state index in [4.69, 9.17) is 0 Å². The molecular weight excluding hydrogens is 210 g/mol. The lowest BCUT2D eigenvalue weighted by atomic mass is 9.91. The molecule has 1 aromatic rings. The average molecular weight is 237 g/mol. The molecule has 0 aromatic carbocycles. The van der Waals surface area contributed by atoms with E-state index in [2.05, 4.69) is 57.3 Å². The monoisotopic (exact) mass is 237 g/mol. The van der Waals surface area contributed by atoms with Crippen LogP contribution in [0.2, 0.25) is 0 Å². The Hall–Kier alpha value is -0.830. The van der Waals surface area contributed by atoms with Gasteiger partial charge in [0.15, 0.2) is 0 Å². The topological polar surface area (TPSA) is 29.9 Å². The first-order valence-corrected chi connectivity index (χ1v) is 6.79. The summed E-state index contributed by atoms with van der Waals surface area (Å²) in [5, 5.41) is 8.07. The van der Waals surface area contributed by atoms with Crippen molar-refractivity contribution in [2.24, 2.45) is 11.8 Å². The third-order valence-electron chi connectivity index (χ3n) is 3.26. The van der Waals surface area contributed by atoms with Gasteiger partial charge in [-0.15, -0.1) is 0 Å². The van der Waals surface area contributed by atoms with Crippen molar-refractivity contribution in [1.29, 1.82) is 0 Å². The minimum Gasteiger partial charge on any atom is -0.317 e. The Bertz CT molecular complexity index is 315. The first-order valence-electron chi connectivity index (χ1n) is 6.79. The third kappa shape index (κ3) is 4.50. The molecule has 0 fully saturated rings. The first kappa shape index (κ1) is 14.2. The molecular formula is C14H27N3. The molecule has 0 spiro atoms. The lowest BCUT2D eigenvalue weighted by Gasteiger charge is -2.20. The lowest BCUT2D eigenvalue weighted by Crippen LogP contribution is -2.27. The van der Waals surface area contributed by atoms with Gasteiger partial charge < -0.3 is 5.32 Å². The maximum Gasteiger partial charge on any atom is 0.0628 e. The smallest absolute Gasteiger partial charge is 0.0628 e. The van der Waals surface area contributed by atoms with Crippen LogP contribution in [0.4, 0.5) is 0 Å². The third-order valence-corrected chi connectivity index (χ3v) is 3.26. The van der Waals surface area contributed by atoms with Crippen LogP contribution in [0.5, 0.6) is 0 Å². The van der Waals surface area contributed by atoms with E-state index in [0.29, 0.717) is 17.9 Å². The largest absolute Gasteiger partial charge is 0.317 e. The summed E-state index contributed by atoms with van der Waals surface area (Å²) in [5.41, 5.74) is 1.22. The summed E-state index contributed by atoms with van der Waals surface area (Å²) in [7, 11) is 0. The number of aromatic nitrogens is 2. The highest BCUT2D eigenvalue weighted by atomic mass is 15.3. The zero-order chi connectivity index (χ0) is 12.8. The van der Waals surface area contributed by atoms with Crippen molar-refractivity contribution in [2.75, 3.05) is 13.1 Å². The van der Waals surface area contributed by atoms with Gasteiger partial charge in [-0.3, -0.25) is 4.68 Å². The van der Waals surface area contributed by atoms with Gasteiger partial charge in [0.1, 0.15) is 0 Å². The molecule has 0 aliphatic rings. The normalized spacial score (nSPS) is 13.6. The van der Waals surface area contributed by atoms with Crippen LogP contribution in [-0.2, 0) is 6.42 Å². The highest BCUT2D eigenvalue weighted by Crippen LogP contribution is 2.16. The Labute approximate surface area is 106 Å². The molecule has 0 aliphatic carbocycles. The molecule has 17 heavy (non-hydrogen) atoms. The van der Waals surface area contributed by atoms with Gasteiger partial charge in [0.25, 0.3) is 0 Å². The van der Waals surface area contributed by atoms with Crippen LogP contribution in [0.1, 0.15) is 46.4 Å². The van der Waals surface area contributed by atoms with Gasteiger partial charge >= 0.3 is 0 Å². The molecule has 98 valence electrons. The molecule has 0 aliphatic heterocycles. The van der Waals surface area contributed by atoms with E-state index in [1.54, 1.807) is 0 Å². The standard InChI is InChI=1S/C14H27N3/c1-6-15-10-13(11(2)3)9-14-7-8-17(16-14)12(4)5/h7-8,11-13,15H,6,9-10H2,1-5H3. The fourth-order valence-electron chi connectivity index (χ4n) is 1.92. The van der Waals surface area contributed by atoms with Crippen molar-refractivity contribution in [3.05, 3.63) is 18.0 Å². The van der Waals surface area contributed by atoms with Gasteiger partial charge in [0.05, 0.1) is 5.69 Å². The number of hydrogen-bond acceptors (Lipinski definition) is 2. The van der Waals surface area contributed by atoms with Gasteiger partial charge in [-0.1, -0.05) is 20.8 Å². The fourth-order valence-corrected chi connectivity index (χ4v) is 1.92. The maximum atomic E-state index is 4.63. The quantitative estimate of drug-likeness (QED) is 0.790. The van der Waals surface area contributed by atoms with Crippen molar-refractivity contribution < 1.29 is 0 Å². The van der Waals surface area contributed by atoms with E-state index >= 15 is 0 Å². The predicted octanol–water partition coefficient (Wildman–Crippen LogP) is 2.89. The van der Waals surface area contributed by atoms with Crippen LogP contribution in [0, 0.1) is 11.8 Å². The van der Waals surface area contributed by atoms with Gasteiger partial charge in [-0.25, -0.2) is 0 Å². The summed E-state index contributed by atoms with van der Waals surface area (Å²) in [6.07, 6.45) is 3.16. The number of nitrogens with zero attached hydrogens (tertiary/aromatic N) is 2. The molecule has 0 amide bonds. The van der Waals surface area contributed by atoms with Gasteiger partial charge in [0, 0.05) is 12.2 Å². The SMILES string of the molecule is CCNCC(Cc1ccn(C(C)C)n1)C(C)C. The number of nitrogens with one attached hydrogen (secondary N) is 1. The van der Waals surface area contributed by atoms with E-state index < -0.39 is 0 Å². The Balaban J connectivity index is 2.58. The minimum absolute atomic E-state index is 0.454. The van der Waals surface area contributed by atoms with Crippen LogP contribution in [0.15, 0.2) is 12.3 Å². The Kier molecular flexibility index (Phi) is 5.69. The molecule has 1 heterocycles. The zero-order valence-corrected chi connectivity index (χ0v) is 11.9. The summed E-state index contributed by atoms with van der Waals surface area (Å²) in [6, 6.07) is 2.61. The second kappa shape index (κ2) is 6.80. The second-order valence-corrected chi connectivity index (χ2v) is 5.40. The molecule has 1 aromatic heterocycles. The Morgan fingerprint density at radius 1 is 1.29 bits per heavy atom. The Morgan fingerprint density at radius 3 is 2.47 bits per heavy atom. The van der Waals surface area contributed by atoms with Crippen molar-refractivity contribution in [2.45, 2.75) is 47.1 Å². The predicted molar refractivity (Wildman–Crippen MR) is 73.2 cm³/mol. The van der Waals surface area contributed by atoms with E-state index in [1.807, 2.05) is 4.68 Å². The molecule has 1 N–H and O–H groups in total. The van der Waals surface area contributed by atoms with Crippen LogP contribution in [0.3, 0.4) is 0 Å². The number of rotatable bonds is 7. The molecule has 1 unspecified atom stereocenters. The van der Waals surface area contributed by atoms with Crippen molar-refractivity contribution in [3.63, 3.8) is 0 Å². The van der Waals surface area contributed by atoms with Crippen LogP contribution in [-0.4, -0.2) is 22.9 Å². The average Bonchev–Trinajstić information content (AvgIpc) is 2.72. The van der Waals surface area contributed by atoms with Crippen molar-refractivity contribution in [1.82, 2.24) is 15.1 Å². The molecule has 0 saturated carbocycles. The summed E-state index contributed by atoms with van der Waals surface area (Å²) in [4.78, 5) is 0. The molecule has 3 heteroatoms.